The molecule has 0 saturated carbocycles. The predicted molar refractivity (Wildman–Crippen MR) is 129 cm³/mol. The Morgan fingerprint density at radius 2 is 1.87 bits per heavy atom. The fraction of sp³-hybridized carbons (Fsp3) is 0.478. The van der Waals surface area contributed by atoms with Crippen molar-refractivity contribution in [3.05, 3.63) is 47.8 Å². The van der Waals surface area contributed by atoms with Crippen molar-refractivity contribution in [1.82, 2.24) is 9.88 Å². The maximum absolute atomic E-state index is 12.4. The van der Waals surface area contributed by atoms with Crippen LogP contribution in [0.5, 0.6) is 11.5 Å². The van der Waals surface area contributed by atoms with Crippen LogP contribution < -0.4 is 9.64 Å². The van der Waals surface area contributed by atoms with Gasteiger partial charge < -0.3 is 19.3 Å². The van der Waals surface area contributed by atoms with Crippen LogP contribution >= 0.6 is 24.8 Å². The van der Waals surface area contributed by atoms with E-state index in [1.54, 1.807) is 7.11 Å². The van der Waals surface area contributed by atoms with Gasteiger partial charge in [-0.25, -0.2) is 0 Å². The van der Waals surface area contributed by atoms with Gasteiger partial charge in [-0.2, -0.15) is 0 Å². The van der Waals surface area contributed by atoms with Gasteiger partial charge in [-0.05, 0) is 44.0 Å². The van der Waals surface area contributed by atoms with Crippen LogP contribution in [-0.4, -0.2) is 56.7 Å². The third kappa shape index (κ3) is 7.56. The molecule has 1 aliphatic heterocycles. The number of pyridine rings is 1. The van der Waals surface area contributed by atoms with Gasteiger partial charge in [-0.1, -0.05) is 0 Å². The molecule has 0 spiro atoms. The summed E-state index contributed by atoms with van der Waals surface area (Å²) in [6, 6.07) is 12.0. The number of methoxy groups -OCH3 is 1. The molecule has 1 aromatic carbocycles. The van der Waals surface area contributed by atoms with Crippen molar-refractivity contribution in [3.63, 3.8) is 0 Å². The molecular weight excluding hydrogens is 437 g/mol. The van der Waals surface area contributed by atoms with Crippen LogP contribution in [0.2, 0.25) is 0 Å². The summed E-state index contributed by atoms with van der Waals surface area (Å²) >= 11 is 0. The lowest BCUT2D eigenvalue weighted by Gasteiger charge is -2.32. The van der Waals surface area contributed by atoms with Gasteiger partial charge in [0.05, 0.1) is 13.0 Å². The summed E-state index contributed by atoms with van der Waals surface area (Å²) in [6.45, 7) is 3.96. The fourth-order valence-corrected chi connectivity index (χ4v) is 3.67. The van der Waals surface area contributed by atoms with Crippen LogP contribution in [0.15, 0.2) is 36.4 Å². The number of halogens is 2. The Bertz CT molecular complexity index is 831. The minimum absolute atomic E-state index is 0. The molecule has 1 fully saturated rings. The molecule has 31 heavy (non-hydrogen) atoms. The summed E-state index contributed by atoms with van der Waals surface area (Å²) < 4.78 is 11.1. The zero-order valence-corrected chi connectivity index (χ0v) is 20.3. The van der Waals surface area contributed by atoms with E-state index in [-0.39, 0.29) is 36.6 Å². The zero-order valence-electron chi connectivity index (χ0n) is 18.7. The number of aromatic nitrogens is 1. The van der Waals surface area contributed by atoms with Crippen LogP contribution in [0.3, 0.4) is 0 Å². The largest absolute Gasteiger partial charge is 0.457 e. The summed E-state index contributed by atoms with van der Waals surface area (Å²) in [6.07, 6.45) is 2.45. The minimum atomic E-state index is 0. The molecular formula is C23H33Cl2N3O3. The molecule has 2 aromatic rings. The van der Waals surface area contributed by atoms with E-state index in [1.807, 2.05) is 62.3 Å². The number of rotatable bonds is 7. The number of nitrogens with zero attached hydrogens (tertiary/aromatic N) is 3. The summed E-state index contributed by atoms with van der Waals surface area (Å²) in [5, 5.41) is 0. The lowest BCUT2D eigenvalue weighted by Crippen LogP contribution is -2.39. The number of aryl methyl sites for hydroxylation is 1. The SMILES string of the molecule is COCCC(=O)N1CCCC(c2cc(Oc3ccc(N(C)C)cc3)cc(C)n2)C1.Cl.Cl. The first-order valence-corrected chi connectivity index (χ1v) is 10.2. The summed E-state index contributed by atoms with van der Waals surface area (Å²) in [4.78, 5) is 21.1. The molecule has 8 heteroatoms. The van der Waals surface area contributed by atoms with E-state index < -0.39 is 0 Å². The minimum Gasteiger partial charge on any atom is -0.457 e. The molecule has 172 valence electrons. The van der Waals surface area contributed by atoms with E-state index in [0.29, 0.717) is 19.6 Å². The normalized spacial score (nSPS) is 15.5. The molecule has 1 aromatic heterocycles. The molecule has 3 rings (SSSR count). The first-order valence-electron chi connectivity index (χ1n) is 10.2. The lowest BCUT2D eigenvalue weighted by atomic mass is 9.93. The Kier molecular flexibility index (Phi) is 11.1. The quantitative estimate of drug-likeness (QED) is 0.580. The second-order valence-corrected chi connectivity index (χ2v) is 7.78. The number of amides is 1. The molecule has 1 amide bonds. The molecule has 6 nitrogen and oxygen atoms in total. The molecule has 0 N–H and O–H groups in total. The molecule has 1 saturated heterocycles. The highest BCUT2D eigenvalue weighted by Gasteiger charge is 2.26. The Morgan fingerprint density at radius 1 is 1.16 bits per heavy atom. The average molecular weight is 470 g/mol. The molecule has 1 unspecified atom stereocenters. The Morgan fingerprint density at radius 3 is 2.52 bits per heavy atom. The average Bonchev–Trinajstić information content (AvgIpc) is 2.72. The maximum atomic E-state index is 12.4. The molecule has 1 atom stereocenters. The smallest absolute Gasteiger partial charge is 0.224 e. The zero-order chi connectivity index (χ0) is 20.8. The number of ether oxygens (including phenoxy) is 2. The monoisotopic (exact) mass is 469 g/mol. The van der Waals surface area contributed by atoms with Crippen molar-refractivity contribution >= 4 is 36.4 Å². The Labute approximate surface area is 197 Å². The second kappa shape index (κ2) is 12.7. The number of anilines is 1. The number of likely N-dealkylation sites (tertiary alicyclic amines) is 1. The van der Waals surface area contributed by atoms with Crippen molar-refractivity contribution in [2.75, 3.05) is 45.8 Å². The van der Waals surface area contributed by atoms with Crippen molar-refractivity contribution in [3.8, 4) is 11.5 Å². The van der Waals surface area contributed by atoms with Crippen molar-refractivity contribution < 1.29 is 14.3 Å². The van der Waals surface area contributed by atoms with Crippen molar-refractivity contribution in [2.24, 2.45) is 0 Å². The lowest BCUT2D eigenvalue weighted by molar-refractivity contribution is -0.133. The van der Waals surface area contributed by atoms with Crippen LogP contribution in [0.25, 0.3) is 0 Å². The van der Waals surface area contributed by atoms with E-state index in [1.165, 1.54) is 0 Å². The predicted octanol–water partition coefficient (Wildman–Crippen LogP) is 4.83. The highest BCUT2D eigenvalue weighted by Crippen LogP contribution is 2.31. The Hall–Kier alpha value is -2.02. The van der Waals surface area contributed by atoms with Crippen LogP contribution in [0.1, 0.15) is 36.6 Å². The van der Waals surface area contributed by atoms with Crippen molar-refractivity contribution in [1.29, 1.82) is 0 Å². The van der Waals surface area contributed by atoms with Gasteiger partial charge in [-0.15, -0.1) is 24.8 Å². The summed E-state index contributed by atoms with van der Waals surface area (Å²) in [5.41, 5.74) is 3.05. The Balaban J connectivity index is 0.00000240. The van der Waals surface area contributed by atoms with Gasteiger partial charge >= 0.3 is 0 Å². The van der Waals surface area contributed by atoms with E-state index in [2.05, 4.69) is 4.90 Å². The fourth-order valence-electron chi connectivity index (χ4n) is 3.67. The third-order valence-corrected chi connectivity index (χ3v) is 5.25. The van der Waals surface area contributed by atoms with Gasteiger partial charge in [0.25, 0.3) is 0 Å². The van der Waals surface area contributed by atoms with Gasteiger partial charge in [-0.3, -0.25) is 9.78 Å². The van der Waals surface area contributed by atoms with Crippen molar-refractivity contribution in [2.45, 2.75) is 32.1 Å². The number of piperidine rings is 1. The number of carbonyl (C=O) groups is 1. The van der Waals surface area contributed by atoms with E-state index in [0.717, 1.165) is 48.0 Å². The molecule has 0 bridgehead atoms. The third-order valence-electron chi connectivity index (χ3n) is 5.25. The van der Waals surface area contributed by atoms with Gasteiger partial charge in [0.15, 0.2) is 0 Å². The number of hydrogen-bond donors (Lipinski definition) is 0. The standard InChI is InChI=1S/C23H31N3O3.2ClH/c1-17-14-21(29-20-9-7-19(8-10-20)25(2)3)15-22(24-17)18-6-5-12-26(16-18)23(27)11-13-28-4;;/h7-10,14-15,18H,5-6,11-13,16H2,1-4H3;2*1H. The second-order valence-electron chi connectivity index (χ2n) is 7.78. The number of hydrogen-bond acceptors (Lipinski definition) is 5. The van der Waals surface area contributed by atoms with Gasteiger partial charge in [0.2, 0.25) is 5.91 Å². The topological polar surface area (TPSA) is 54.9 Å². The van der Waals surface area contributed by atoms with E-state index in [9.17, 15) is 4.79 Å². The summed E-state index contributed by atoms with van der Waals surface area (Å²) in [5.74, 6) is 1.97. The molecule has 2 heterocycles. The highest BCUT2D eigenvalue weighted by molar-refractivity contribution is 5.85. The van der Waals surface area contributed by atoms with Crippen LogP contribution in [0.4, 0.5) is 5.69 Å². The number of benzene rings is 1. The van der Waals surface area contributed by atoms with Gasteiger partial charge in [0, 0.05) is 69.4 Å². The first-order chi connectivity index (χ1) is 14.0. The highest BCUT2D eigenvalue weighted by atomic mass is 35.5. The van der Waals surface area contributed by atoms with Crippen LogP contribution in [-0.2, 0) is 9.53 Å². The molecule has 0 aliphatic carbocycles. The van der Waals surface area contributed by atoms with Gasteiger partial charge in [0.1, 0.15) is 11.5 Å². The number of carbonyl (C=O) groups excluding carboxylic acids is 1. The molecule has 1 aliphatic rings. The van der Waals surface area contributed by atoms with E-state index in [4.69, 9.17) is 14.5 Å². The first kappa shape index (κ1) is 27.0. The van der Waals surface area contributed by atoms with E-state index >= 15 is 0 Å². The van der Waals surface area contributed by atoms with Crippen LogP contribution in [0, 0.1) is 6.92 Å². The summed E-state index contributed by atoms with van der Waals surface area (Å²) in [7, 11) is 5.65. The maximum Gasteiger partial charge on any atom is 0.224 e. The molecule has 0 radical (unpaired) electrons.